The van der Waals surface area contributed by atoms with Gasteiger partial charge in [0.05, 0.1) is 5.69 Å². The molecule has 0 atom stereocenters. The summed E-state index contributed by atoms with van der Waals surface area (Å²) in [7, 11) is 0. The number of rotatable bonds is 5. The molecule has 1 aromatic heterocycles. The van der Waals surface area contributed by atoms with Crippen LogP contribution in [0.15, 0.2) is 60.7 Å². The van der Waals surface area contributed by atoms with Gasteiger partial charge in [0, 0.05) is 37.8 Å². The summed E-state index contributed by atoms with van der Waals surface area (Å²) < 4.78 is 47.4. The highest BCUT2D eigenvalue weighted by Crippen LogP contribution is 2.44. The van der Waals surface area contributed by atoms with Crippen molar-refractivity contribution in [1.82, 2.24) is 9.97 Å². The summed E-state index contributed by atoms with van der Waals surface area (Å²) in [4.78, 5) is 7.46. The van der Waals surface area contributed by atoms with Crippen molar-refractivity contribution in [3.63, 3.8) is 0 Å². The molecule has 0 unspecified atom stereocenters. The Kier molecular flexibility index (Phi) is 6.98. The van der Waals surface area contributed by atoms with Crippen molar-refractivity contribution in [2.45, 2.75) is 12.8 Å². The van der Waals surface area contributed by atoms with Crippen molar-refractivity contribution >= 4 is 40.8 Å². The first kappa shape index (κ1) is 24.9. The second kappa shape index (κ2) is 9.81. The van der Waals surface area contributed by atoms with Crippen molar-refractivity contribution < 1.29 is 23.0 Å². The third-order valence-corrected chi connectivity index (χ3v) is 5.80. The van der Waals surface area contributed by atoms with Crippen molar-refractivity contribution in [3.05, 3.63) is 87.0 Å². The van der Waals surface area contributed by atoms with Crippen molar-refractivity contribution in [3.8, 4) is 33.9 Å². The highest BCUT2D eigenvalue weighted by molar-refractivity contribution is 6.35. The first-order valence-electron chi connectivity index (χ1n) is 9.93. The number of phenolic OH excluding ortho intramolecular Hbond substituents is 1. The van der Waals surface area contributed by atoms with Crippen LogP contribution in [-0.4, -0.2) is 15.1 Å². The van der Waals surface area contributed by atoms with E-state index < -0.39 is 17.8 Å². The van der Waals surface area contributed by atoms with Crippen LogP contribution in [0, 0.1) is 0 Å². The number of ether oxygens (including phenoxy) is 1. The van der Waals surface area contributed by atoms with Gasteiger partial charge in [-0.25, -0.2) is 9.97 Å². The smallest absolute Gasteiger partial charge is 0.434 e. The number of aromatic hydroxyl groups is 1. The third-order valence-electron chi connectivity index (χ3n) is 4.96. The van der Waals surface area contributed by atoms with Gasteiger partial charge in [0.1, 0.15) is 18.1 Å². The van der Waals surface area contributed by atoms with Crippen LogP contribution in [0.3, 0.4) is 0 Å². The molecule has 180 valence electrons. The van der Waals surface area contributed by atoms with Gasteiger partial charge in [-0.15, -0.1) is 0 Å². The Morgan fingerprint density at radius 3 is 2.20 bits per heavy atom. The highest BCUT2D eigenvalue weighted by Gasteiger charge is 2.38. The zero-order valence-corrected chi connectivity index (χ0v) is 19.8. The first-order chi connectivity index (χ1) is 16.5. The van der Waals surface area contributed by atoms with E-state index in [1.165, 1.54) is 42.5 Å². The SMILES string of the molecule is Nc1nc(-c2ccc(OCc3ccc(Cl)cc3Cl)cc2O)c(-c2ccc(Cl)cc2)c(C(F)(F)F)n1. The zero-order chi connectivity index (χ0) is 25.3. The summed E-state index contributed by atoms with van der Waals surface area (Å²) in [6.07, 6.45) is -4.84. The van der Waals surface area contributed by atoms with E-state index in [4.69, 9.17) is 45.3 Å². The average Bonchev–Trinajstić information content (AvgIpc) is 2.78. The Labute approximate surface area is 212 Å². The number of hydrogen-bond donors (Lipinski definition) is 2. The molecule has 0 saturated carbocycles. The summed E-state index contributed by atoms with van der Waals surface area (Å²) in [5.41, 5.74) is 4.64. The maximum Gasteiger partial charge on any atom is 0.434 e. The standard InChI is InChI=1S/C24H15Cl3F3N3O2/c25-14-4-1-12(2-5-14)20-21(32-23(31)33-22(20)24(28,29)30)17-8-7-16(10-19(17)34)35-11-13-3-6-15(26)9-18(13)27/h1-10,34H,11H2,(H2,31,32,33). The molecular weight excluding hydrogens is 526 g/mol. The number of halogens is 6. The summed E-state index contributed by atoms with van der Waals surface area (Å²) in [5.74, 6) is -0.711. The topological polar surface area (TPSA) is 81.3 Å². The molecule has 11 heteroatoms. The van der Waals surface area contributed by atoms with E-state index in [2.05, 4.69) is 9.97 Å². The molecule has 4 rings (SSSR count). The second-order valence-corrected chi connectivity index (χ2v) is 8.64. The molecule has 3 aromatic carbocycles. The molecule has 0 amide bonds. The lowest BCUT2D eigenvalue weighted by molar-refractivity contribution is -0.140. The van der Waals surface area contributed by atoms with Crippen LogP contribution >= 0.6 is 34.8 Å². The number of hydrogen-bond acceptors (Lipinski definition) is 5. The van der Waals surface area contributed by atoms with Gasteiger partial charge in [0.2, 0.25) is 5.95 Å². The molecule has 0 fully saturated rings. The number of alkyl halides is 3. The van der Waals surface area contributed by atoms with Crippen LogP contribution in [0.4, 0.5) is 19.1 Å². The van der Waals surface area contributed by atoms with Crippen LogP contribution in [0.2, 0.25) is 15.1 Å². The van der Waals surface area contributed by atoms with E-state index in [0.29, 0.717) is 20.6 Å². The molecule has 0 aliphatic rings. The Bertz CT molecular complexity index is 1400. The fraction of sp³-hybridized carbons (Fsp3) is 0.0833. The number of nitrogens with zero attached hydrogens (tertiary/aromatic N) is 2. The number of nitrogens with two attached hydrogens (primary N) is 1. The summed E-state index contributed by atoms with van der Waals surface area (Å²) in [6, 6.07) is 14.7. The number of aromatic nitrogens is 2. The van der Waals surface area contributed by atoms with E-state index >= 15 is 0 Å². The molecule has 4 aromatic rings. The minimum Gasteiger partial charge on any atom is -0.507 e. The molecule has 0 aliphatic heterocycles. The van der Waals surface area contributed by atoms with E-state index in [0.717, 1.165) is 0 Å². The Balaban J connectivity index is 1.76. The largest absolute Gasteiger partial charge is 0.507 e. The van der Waals surface area contributed by atoms with E-state index in [9.17, 15) is 18.3 Å². The van der Waals surface area contributed by atoms with Crippen LogP contribution in [-0.2, 0) is 12.8 Å². The molecule has 3 N–H and O–H groups in total. The predicted octanol–water partition coefficient (Wildman–Crippen LogP) is 7.66. The molecule has 35 heavy (non-hydrogen) atoms. The molecule has 5 nitrogen and oxygen atoms in total. The first-order valence-corrected chi connectivity index (χ1v) is 11.1. The lowest BCUT2D eigenvalue weighted by Gasteiger charge is -2.18. The van der Waals surface area contributed by atoms with Crippen molar-refractivity contribution in [2.24, 2.45) is 0 Å². The zero-order valence-electron chi connectivity index (χ0n) is 17.6. The molecule has 0 aliphatic carbocycles. The van der Waals surface area contributed by atoms with E-state index in [1.54, 1.807) is 18.2 Å². The van der Waals surface area contributed by atoms with Crippen LogP contribution < -0.4 is 10.5 Å². The maximum atomic E-state index is 13.9. The van der Waals surface area contributed by atoms with Crippen LogP contribution in [0.1, 0.15) is 11.3 Å². The van der Waals surface area contributed by atoms with Crippen LogP contribution in [0.5, 0.6) is 11.5 Å². The summed E-state index contributed by atoms with van der Waals surface area (Å²) >= 11 is 17.9. The van der Waals surface area contributed by atoms with E-state index in [-0.39, 0.29) is 40.5 Å². The minimum atomic E-state index is -4.84. The van der Waals surface area contributed by atoms with Gasteiger partial charge in [-0.3, -0.25) is 0 Å². The Morgan fingerprint density at radius 1 is 0.886 bits per heavy atom. The van der Waals surface area contributed by atoms with Gasteiger partial charge >= 0.3 is 6.18 Å². The van der Waals surface area contributed by atoms with Crippen molar-refractivity contribution in [2.75, 3.05) is 5.73 Å². The molecular formula is C24H15Cl3F3N3O2. The predicted molar refractivity (Wildman–Crippen MR) is 130 cm³/mol. The fourth-order valence-corrected chi connectivity index (χ4v) is 3.96. The monoisotopic (exact) mass is 539 g/mol. The van der Waals surface area contributed by atoms with Gasteiger partial charge in [-0.1, -0.05) is 53.0 Å². The second-order valence-electron chi connectivity index (χ2n) is 7.36. The average molecular weight is 541 g/mol. The highest BCUT2D eigenvalue weighted by atomic mass is 35.5. The number of anilines is 1. The van der Waals surface area contributed by atoms with Gasteiger partial charge in [-0.2, -0.15) is 13.2 Å². The Hall–Kier alpha value is -3.20. The Morgan fingerprint density at radius 2 is 1.57 bits per heavy atom. The molecule has 1 heterocycles. The third kappa shape index (κ3) is 5.56. The lowest BCUT2D eigenvalue weighted by atomic mass is 9.96. The minimum absolute atomic E-state index is 0.00595. The summed E-state index contributed by atoms with van der Waals surface area (Å²) in [5, 5.41) is 11.9. The number of phenols is 1. The number of nitrogen functional groups attached to an aromatic ring is 1. The summed E-state index contributed by atoms with van der Waals surface area (Å²) in [6.45, 7) is 0.0729. The van der Waals surface area contributed by atoms with Gasteiger partial charge in [0.15, 0.2) is 5.69 Å². The van der Waals surface area contributed by atoms with Gasteiger partial charge < -0.3 is 15.6 Å². The molecule has 0 saturated heterocycles. The van der Waals surface area contributed by atoms with Crippen molar-refractivity contribution in [1.29, 1.82) is 0 Å². The lowest BCUT2D eigenvalue weighted by Crippen LogP contribution is -2.14. The normalized spacial score (nSPS) is 11.5. The molecule has 0 spiro atoms. The van der Waals surface area contributed by atoms with E-state index in [1.807, 2.05) is 0 Å². The number of benzene rings is 3. The van der Waals surface area contributed by atoms with Crippen LogP contribution in [0.25, 0.3) is 22.4 Å². The molecule has 0 bridgehead atoms. The van der Waals surface area contributed by atoms with Gasteiger partial charge in [-0.05, 0) is 42.0 Å². The van der Waals surface area contributed by atoms with Gasteiger partial charge in [0.25, 0.3) is 0 Å². The fourth-order valence-electron chi connectivity index (χ4n) is 3.37. The molecule has 0 radical (unpaired) electrons. The maximum absolute atomic E-state index is 13.9. The quantitative estimate of drug-likeness (QED) is 0.272.